The number of β-amino-alcohol motifs (C(OH)–C–C–N with tert-alkyl or cyclic N) is 1. The number of aliphatic imine (C=N–C) groups is 3. The molecular formula is C63H93N15O13S. The van der Waals surface area contributed by atoms with E-state index in [-0.39, 0.29) is 114 Å². The number of rotatable bonds is 33. The minimum atomic E-state index is -1.38. The van der Waals surface area contributed by atoms with E-state index >= 15 is 9.59 Å². The number of nitrogens with one attached hydrogen (secondary N) is 2. The zero-order chi connectivity index (χ0) is 66.8. The maximum atomic E-state index is 15.4. The molecule has 17 N–H and O–H groups in total. The summed E-state index contributed by atoms with van der Waals surface area (Å²) in [6, 6.07) is 2.85. The highest BCUT2D eigenvalue weighted by atomic mass is 32.1. The zero-order valence-electron chi connectivity index (χ0n) is 52.5. The average molecular weight is 1300 g/mol. The third kappa shape index (κ3) is 19.3. The van der Waals surface area contributed by atoms with E-state index in [4.69, 9.17) is 34.4 Å². The van der Waals surface area contributed by atoms with Crippen LogP contribution in [0.3, 0.4) is 0 Å². The molecule has 504 valence electrons. The average Bonchev–Trinajstić information content (AvgIpc) is 1.48. The molecule has 1 saturated carbocycles. The lowest BCUT2D eigenvalue weighted by Gasteiger charge is -2.42. The predicted octanol–water partition coefficient (Wildman–Crippen LogP) is -0.505. The Kier molecular flexibility index (Phi) is 26.6. The number of carboxylic acids is 1. The number of Topliss-reactive ketones (excluding diaryl/α,β-unsaturated/α-hetero) is 3. The molecule has 5 heterocycles. The number of aliphatic hydroxyl groups excluding tert-OH is 2. The lowest BCUT2D eigenvalue weighted by Crippen LogP contribution is -2.59. The topological polar surface area (TPSA) is 462 Å². The van der Waals surface area contributed by atoms with Crippen molar-refractivity contribution >= 4 is 87.9 Å². The minimum absolute atomic E-state index is 0.00150. The number of fused-ring (bicyclic) bond motifs is 2. The molecule has 0 radical (unpaired) electrons. The Morgan fingerprint density at radius 1 is 0.674 bits per heavy atom. The summed E-state index contributed by atoms with van der Waals surface area (Å²) in [6.07, 6.45) is 2.72. The van der Waals surface area contributed by atoms with Gasteiger partial charge in [-0.1, -0.05) is 43.2 Å². The predicted molar refractivity (Wildman–Crippen MR) is 343 cm³/mol. The molecule has 1 aromatic heterocycles. The van der Waals surface area contributed by atoms with Crippen LogP contribution in [0.2, 0.25) is 0 Å². The van der Waals surface area contributed by atoms with Crippen LogP contribution in [-0.2, 0) is 67.3 Å². The van der Waals surface area contributed by atoms with Crippen LogP contribution in [0.4, 0.5) is 0 Å². The fourth-order valence-electron chi connectivity index (χ4n) is 13.6. The van der Waals surface area contributed by atoms with Gasteiger partial charge >= 0.3 is 5.97 Å². The van der Waals surface area contributed by atoms with Crippen molar-refractivity contribution in [2.24, 2.45) is 67.1 Å². The molecule has 5 unspecified atom stereocenters. The highest BCUT2D eigenvalue weighted by molar-refractivity contribution is 7.09. The van der Waals surface area contributed by atoms with E-state index < -0.39 is 145 Å². The van der Waals surface area contributed by atoms with Crippen LogP contribution >= 0.6 is 11.3 Å². The van der Waals surface area contributed by atoms with E-state index in [1.54, 1.807) is 35.4 Å². The Morgan fingerprint density at radius 3 is 2.03 bits per heavy atom. The van der Waals surface area contributed by atoms with Crippen molar-refractivity contribution in [2.75, 3.05) is 39.3 Å². The van der Waals surface area contributed by atoms with Gasteiger partial charge in [-0.3, -0.25) is 62.9 Å². The molecule has 28 nitrogen and oxygen atoms in total. The smallest absolute Gasteiger partial charge is 0.306 e. The molecular weight excluding hydrogens is 1210 g/mol. The van der Waals surface area contributed by atoms with Crippen LogP contribution in [0.15, 0.2) is 56.8 Å². The van der Waals surface area contributed by atoms with E-state index in [2.05, 4.69) is 25.6 Å². The first kappa shape index (κ1) is 71.5. The fourth-order valence-corrected chi connectivity index (χ4v) is 14.4. The molecule has 0 spiro atoms. The van der Waals surface area contributed by atoms with Crippen LogP contribution in [0.1, 0.15) is 139 Å². The van der Waals surface area contributed by atoms with E-state index in [0.29, 0.717) is 49.4 Å². The van der Waals surface area contributed by atoms with Crippen molar-refractivity contribution in [3.63, 3.8) is 0 Å². The van der Waals surface area contributed by atoms with Crippen molar-refractivity contribution < 1.29 is 63.3 Å². The minimum Gasteiger partial charge on any atom is -0.481 e. The second-order valence-electron chi connectivity index (χ2n) is 25.0. The quantitative estimate of drug-likeness (QED) is 0.0244. The number of carboxylic acid groups (broad SMARTS) is 1. The number of likely N-dealkylation sites (tertiary alicyclic amines) is 3. The third-order valence-corrected chi connectivity index (χ3v) is 19.2. The number of thiophene rings is 1. The van der Waals surface area contributed by atoms with Gasteiger partial charge in [-0.2, -0.15) is 0 Å². The van der Waals surface area contributed by atoms with Crippen molar-refractivity contribution in [1.29, 1.82) is 0 Å². The Labute approximate surface area is 539 Å². The molecule has 6 amide bonds. The number of carbonyl (C=O) groups excluding carboxylic acids is 9. The van der Waals surface area contributed by atoms with Crippen molar-refractivity contribution in [3.05, 3.63) is 57.8 Å². The number of aliphatic hydroxyl groups is 2. The number of carbonyl (C=O) groups is 10. The number of hydrogen-bond donors (Lipinski definition) is 11. The number of nitrogens with two attached hydrogens (primary N) is 6. The molecule has 0 bridgehead atoms. The van der Waals surface area contributed by atoms with E-state index in [1.807, 2.05) is 18.2 Å². The second kappa shape index (κ2) is 34.1. The molecule has 7 rings (SSSR count). The van der Waals surface area contributed by atoms with Crippen LogP contribution in [0.25, 0.3) is 0 Å². The van der Waals surface area contributed by atoms with E-state index in [9.17, 15) is 53.7 Å². The monoisotopic (exact) mass is 1300 g/mol. The zero-order valence-corrected chi connectivity index (χ0v) is 53.3. The van der Waals surface area contributed by atoms with Crippen LogP contribution < -0.4 is 45.0 Å². The first-order valence-corrected chi connectivity index (χ1v) is 33.0. The summed E-state index contributed by atoms with van der Waals surface area (Å²) in [5.41, 5.74) is 35.3. The van der Waals surface area contributed by atoms with Gasteiger partial charge in [0.05, 0.1) is 54.5 Å². The number of aliphatic carboxylic acids is 1. The van der Waals surface area contributed by atoms with Gasteiger partial charge in [0, 0.05) is 95.1 Å². The van der Waals surface area contributed by atoms with Gasteiger partial charge in [-0.15, -0.1) is 11.3 Å². The summed E-state index contributed by atoms with van der Waals surface area (Å²) in [4.78, 5) is 161. The van der Waals surface area contributed by atoms with Crippen molar-refractivity contribution in [1.82, 2.24) is 30.2 Å². The normalized spacial score (nSPS) is 22.8. The van der Waals surface area contributed by atoms with Crippen molar-refractivity contribution in [3.8, 4) is 0 Å². The summed E-state index contributed by atoms with van der Waals surface area (Å²) in [5, 5.41) is 39.4. The SMILES string of the molecule is CC(N)=NCCC[C@@H](N)C(=O)NC(CCCN=C(N)N)C(=O)N1CCCC1C(=O)N1C[C@H](O)CC1C(=O)CCC(=O)N[C@@H](Cc1cccs1)C(=O)C[C@@H](CO)C(=O)N1Cc2ccccc2CC1C(=O)N1C(C(=O)C[C@@H](CCCN=C(N)N)C(=O)O)C[C@@H]2CCCC[C@@H]21. The number of guanidine groups is 2. The first-order chi connectivity index (χ1) is 43.9. The van der Waals surface area contributed by atoms with Gasteiger partial charge in [0.15, 0.2) is 29.3 Å². The standard InChI is InChI=1S/C63H93N15O13S/c1-36(64)70-22-7-16-44(65)56(85)74-45(17-8-24-72-63(68)69)58(87)75-25-9-19-48(75)59(88)77-34-42(80)31-49(77)52(81)20-21-55(84)73-46(32-43-15-10-26-92-43)53(82)30-41(35-79)57(86)76-33-40-13-3-2-11-37(40)27-51(76)60(89)78-47-18-5-4-12-38(47)28-50(78)54(83)29-39(61(90)91)14-6-23-71-62(66)67/h2-3,10-11,13,15,26,38-39,41-42,44-51,79-80H,4-9,12,14,16-25,27-35,65H2,1H3,(H2,64,70)(H,73,84)(H,74,85)(H,90,91)(H4,66,67,71)(H4,68,69,72)/t38-,39+,41-,42+,44+,45?,46-,47-,48?,49?,50?,51?/m0/s1. The molecule has 5 aliphatic rings. The van der Waals surface area contributed by atoms with E-state index in [0.717, 1.165) is 30.4 Å². The summed E-state index contributed by atoms with van der Waals surface area (Å²) >= 11 is 1.32. The van der Waals surface area contributed by atoms with Gasteiger partial charge in [0.1, 0.15) is 18.1 Å². The highest BCUT2D eigenvalue weighted by Gasteiger charge is 2.52. The van der Waals surface area contributed by atoms with Gasteiger partial charge in [-0.05, 0) is 106 Å². The largest absolute Gasteiger partial charge is 0.481 e. The highest BCUT2D eigenvalue weighted by Crippen LogP contribution is 2.42. The van der Waals surface area contributed by atoms with Crippen LogP contribution in [-0.4, -0.2) is 205 Å². The Bertz CT molecular complexity index is 3040. The van der Waals surface area contributed by atoms with Gasteiger partial charge in [0.25, 0.3) is 0 Å². The van der Waals surface area contributed by atoms with Crippen LogP contribution in [0.5, 0.6) is 0 Å². The number of amidine groups is 1. The van der Waals surface area contributed by atoms with Gasteiger partial charge in [-0.25, -0.2) is 0 Å². The Hall–Kier alpha value is -7.89. The lowest BCUT2D eigenvalue weighted by atomic mass is 9.84. The molecule has 12 atom stereocenters. The number of amides is 6. The Balaban J connectivity index is 1.02. The first-order valence-electron chi connectivity index (χ1n) is 32.1. The number of hydrogen-bond acceptors (Lipinski definition) is 17. The molecule has 2 aromatic rings. The van der Waals surface area contributed by atoms with Gasteiger partial charge < -0.3 is 80.0 Å². The molecule has 1 aromatic carbocycles. The maximum absolute atomic E-state index is 15.4. The number of ketones is 3. The van der Waals surface area contributed by atoms with Crippen LogP contribution in [0, 0.1) is 17.8 Å². The number of benzene rings is 1. The molecule has 92 heavy (non-hydrogen) atoms. The summed E-state index contributed by atoms with van der Waals surface area (Å²) in [7, 11) is 0. The third-order valence-electron chi connectivity index (χ3n) is 18.3. The molecule has 29 heteroatoms. The Morgan fingerprint density at radius 2 is 1.36 bits per heavy atom. The second-order valence-corrected chi connectivity index (χ2v) is 26.0. The van der Waals surface area contributed by atoms with Crippen molar-refractivity contribution in [2.45, 2.75) is 196 Å². The molecule has 4 fully saturated rings. The number of nitrogens with zero attached hydrogens (tertiary/aromatic N) is 7. The summed E-state index contributed by atoms with van der Waals surface area (Å²) < 4.78 is 0. The summed E-state index contributed by atoms with van der Waals surface area (Å²) in [5.74, 6) is -8.68. The van der Waals surface area contributed by atoms with Gasteiger partial charge in [0.2, 0.25) is 35.4 Å². The fraction of sp³-hybridized carbons (Fsp3) is 0.635. The maximum Gasteiger partial charge on any atom is 0.306 e. The molecule has 4 aliphatic heterocycles. The molecule has 3 saturated heterocycles. The lowest BCUT2D eigenvalue weighted by molar-refractivity contribution is -0.154. The summed E-state index contributed by atoms with van der Waals surface area (Å²) in [6.45, 7) is 1.41. The van der Waals surface area contributed by atoms with E-state index in [1.165, 1.54) is 26.0 Å². The molecule has 1 aliphatic carbocycles.